The third-order valence-corrected chi connectivity index (χ3v) is 2.74. The fraction of sp³-hybridized carbons (Fsp3) is 0.444. The number of thioether (sulfide) groups is 1. The number of aromatic nitrogens is 1. The van der Waals surface area contributed by atoms with Gasteiger partial charge in [-0.1, -0.05) is 0 Å². The lowest BCUT2D eigenvalue weighted by Crippen LogP contribution is -2.16. The lowest BCUT2D eigenvalue weighted by Gasteiger charge is -2.08. The van der Waals surface area contributed by atoms with Crippen LogP contribution in [-0.4, -0.2) is 35.7 Å². The van der Waals surface area contributed by atoms with Crippen molar-refractivity contribution in [2.75, 3.05) is 25.2 Å². The number of aliphatic hydroxyl groups is 1. The molecule has 1 atom stereocenters. The molecule has 0 aromatic carbocycles. The Kier molecular flexibility index (Phi) is 4.72. The standard InChI is InChI=1S/C9H14N2O2S/c1-13-5-7(12)6-14-9-8(10)3-2-4-11-9/h2-4,7,12H,5-6,10H2,1H3. The van der Waals surface area contributed by atoms with E-state index in [1.165, 1.54) is 11.8 Å². The van der Waals surface area contributed by atoms with Gasteiger partial charge in [0, 0.05) is 19.1 Å². The third-order valence-electron chi connectivity index (χ3n) is 1.57. The molecule has 0 aliphatic carbocycles. The van der Waals surface area contributed by atoms with E-state index in [0.717, 1.165) is 5.03 Å². The van der Waals surface area contributed by atoms with E-state index in [1.54, 1.807) is 25.4 Å². The van der Waals surface area contributed by atoms with Gasteiger partial charge in [-0.05, 0) is 12.1 Å². The first-order chi connectivity index (χ1) is 6.74. The quantitative estimate of drug-likeness (QED) is 0.708. The minimum atomic E-state index is -0.480. The van der Waals surface area contributed by atoms with Crippen molar-refractivity contribution < 1.29 is 9.84 Å². The molecular formula is C9H14N2O2S. The summed E-state index contributed by atoms with van der Waals surface area (Å²) in [6.07, 6.45) is 1.20. The van der Waals surface area contributed by atoms with Crippen molar-refractivity contribution >= 4 is 17.4 Å². The second kappa shape index (κ2) is 5.85. The molecule has 0 radical (unpaired) electrons. The Hall–Kier alpha value is -0.780. The number of nitrogen functional groups attached to an aromatic ring is 1. The molecule has 1 aromatic rings. The van der Waals surface area contributed by atoms with Crippen LogP contribution in [0.1, 0.15) is 0 Å². The van der Waals surface area contributed by atoms with Crippen LogP contribution < -0.4 is 5.73 Å². The lowest BCUT2D eigenvalue weighted by atomic mass is 10.4. The van der Waals surface area contributed by atoms with Crippen molar-refractivity contribution in [2.24, 2.45) is 0 Å². The molecule has 0 bridgehead atoms. The number of rotatable bonds is 5. The summed E-state index contributed by atoms with van der Waals surface area (Å²) in [5, 5.41) is 10.1. The molecule has 14 heavy (non-hydrogen) atoms. The van der Waals surface area contributed by atoms with Crippen LogP contribution >= 0.6 is 11.8 Å². The highest BCUT2D eigenvalue weighted by Crippen LogP contribution is 2.21. The second-order valence-electron chi connectivity index (χ2n) is 2.82. The summed E-state index contributed by atoms with van der Waals surface area (Å²) in [4.78, 5) is 4.10. The minimum absolute atomic E-state index is 0.333. The Morgan fingerprint density at radius 1 is 1.71 bits per heavy atom. The maximum atomic E-state index is 9.39. The number of nitrogens with zero attached hydrogens (tertiary/aromatic N) is 1. The molecule has 3 N–H and O–H groups in total. The van der Waals surface area contributed by atoms with E-state index < -0.39 is 6.10 Å². The topological polar surface area (TPSA) is 68.4 Å². The van der Waals surface area contributed by atoms with Crippen LogP contribution in [0.15, 0.2) is 23.4 Å². The average Bonchev–Trinajstić information content (AvgIpc) is 2.17. The first-order valence-corrected chi connectivity index (χ1v) is 5.23. The summed E-state index contributed by atoms with van der Waals surface area (Å²) in [5.41, 5.74) is 6.33. The predicted octanol–water partition coefficient (Wildman–Crippen LogP) is 0.763. The number of anilines is 1. The van der Waals surface area contributed by atoms with Gasteiger partial charge in [0.25, 0.3) is 0 Å². The van der Waals surface area contributed by atoms with Crippen LogP contribution in [0.3, 0.4) is 0 Å². The molecule has 1 rings (SSSR count). The summed E-state index contributed by atoms with van der Waals surface area (Å²) < 4.78 is 4.81. The van der Waals surface area contributed by atoms with Gasteiger partial charge < -0.3 is 15.6 Å². The van der Waals surface area contributed by atoms with Crippen molar-refractivity contribution in [3.63, 3.8) is 0 Å². The van der Waals surface area contributed by atoms with E-state index in [2.05, 4.69) is 4.98 Å². The first-order valence-electron chi connectivity index (χ1n) is 4.24. The molecule has 1 aromatic heterocycles. The Labute approximate surface area is 87.5 Å². The Balaban J connectivity index is 2.41. The maximum Gasteiger partial charge on any atom is 0.119 e. The van der Waals surface area contributed by atoms with Gasteiger partial charge in [-0.2, -0.15) is 0 Å². The first kappa shape index (κ1) is 11.3. The normalized spacial score (nSPS) is 12.7. The molecule has 0 aliphatic heterocycles. The zero-order valence-electron chi connectivity index (χ0n) is 8.01. The number of nitrogens with two attached hydrogens (primary N) is 1. The van der Waals surface area contributed by atoms with E-state index in [-0.39, 0.29) is 0 Å². The Morgan fingerprint density at radius 3 is 3.14 bits per heavy atom. The molecule has 78 valence electrons. The van der Waals surface area contributed by atoms with E-state index in [1.807, 2.05) is 0 Å². The van der Waals surface area contributed by atoms with Crippen LogP contribution in [0.4, 0.5) is 5.69 Å². The molecule has 5 heteroatoms. The van der Waals surface area contributed by atoms with Gasteiger partial charge in [0.2, 0.25) is 0 Å². The van der Waals surface area contributed by atoms with Crippen molar-refractivity contribution in [2.45, 2.75) is 11.1 Å². The highest BCUT2D eigenvalue weighted by Gasteiger charge is 2.06. The summed E-state index contributed by atoms with van der Waals surface area (Å²) in [6.45, 7) is 0.333. The number of hydrogen-bond acceptors (Lipinski definition) is 5. The molecular weight excluding hydrogens is 200 g/mol. The molecule has 4 nitrogen and oxygen atoms in total. The zero-order valence-corrected chi connectivity index (χ0v) is 8.83. The highest BCUT2D eigenvalue weighted by molar-refractivity contribution is 7.99. The van der Waals surface area contributed by atoms with Crippen LogP contribution in [-0.2, 0) is 4.74 Å². The molecule has 1 unspecified atom stereocenters. The van der Waals surface area contributed by atoms with Gasteiger partial charge in [0.05, 0.1) is 18.4 Å². The second-order valence-corrected chi connectivity index (χ2v) is 3.83. The van der Waals surface area contributed by atoms with Crippen molar-refractivity contribution in [3.05, 3.63) is 18.3 Å². The number of hydrogen-bond donors (Lipinski definition) is 2. The van der Waals surface area contributed by atoms with Crippen LogP contribution in [0.5, 0.6) is 0 Å². The average molecular weight is 214 g/mol. The van der Waals surface area contributed by atoms with Crippen molar-refractivity contribution in [1.29, 1.82) is 0 Å². The summed E-state index contributed by atoms with van der Waals surface area (Å²) >= 11 is 1.43. The fourth-order valence-electron chi connectivity index (χ4n) is 0.939. The fourth-order valence-corrected chi connectivity index (χ4v) is 1.76. The Morgan fingerprint density at radius 2 is 2.50 bits per heavy atom. The molecule has 0 amide bonds. The number of ether oxygens (including phenoxy) is 1. The minimum Gasteiger partial charge on any atom is -0.397 e. The highest BCUT2D eigenvalue weighted by atomic mass is 32.2. The van der Waals surface area contributed by atoms with Crippen molar-refractivity contribution in [1.82, 2.24) is 4.98 Å². The Bertz CT molecular complexity index is 283. The maximum absolute atomic E-state index is 9.39. The van der Waals surface area contributed by atoms with E-state index >= 15 is 0 Å². The molecule has 1 heterocycles. The van der Waals surface area contributed by atoms with Gasteiger partial charge >= 0.3 is 0 Å². The smallest absolute Gasteiger partial charge is 0.119 e. The largest absolute Gasteiger partial charge is 0.397 e. The lowest BCUT2D eigenvalue weighted by molar-refractivity contribution is 0.0794. The zero-order chi connectivity index (χ0) is 10.4. The van der Waals surface area contributed by atoms with E-state index in [9.17, 15) is 5.11 Å². The monoisotopic (exact) mass is 214 g/mol. The predicted molar refractivity (Wildman–Crippen MR) is 57.3 cm³/mol. The van der Waals surface area contributed by atoms with Gasteiger partial charge in [0.15, 0.2) is 0 Å². The molecule has 0 spiro atoms. The SMILES string of the molecule is COCC(O)CSc1ncccc1N. The number of methoxy groups -OCH3 is 1. The van der Waals surface area contributed by atoms with Gasteiger partial charge in [-0.15, -0.1) is 11.8 Å². The summed E-state index contributed by atoms with van der Waals surface area (Å²) in [6, 6.07) is 3.57. The summed E-state index contributed by atoms with van der Waals surface area (Å²) in [5.74, 6) is 0.537. The molecule has 0 saturated carbocycles. The van der Waals surface area contributed by atoms with Crippen LogP contribution in [0, 0.1) is 0 Å². The van der Waals surface area contributed by atoms with Crippen LogP contribution in [0.2, 0.25) is 0 Å². The van der Waals surface area contributed by atoms with Crippen molar-refractivity contribution in [3.8, 4) is 0 Å². The molecule has 0 saturated heterocycles. The van der Waals surface area contributed by atoms with E-state index in [4.69, 9.17) is 10.5 Å². The molecule has 0 fully saturated rings. The summed E-state index contributed by atoms with van der Waals surface area (Å²) in [7, 11) is 1.56. The number of aliphatic hydroxyl groups excluding tert-OH is 1. The number of pyridine rings is 1. The van der Waals surface area contributed by atoms with Gasteiger partial charge in [-0.3, -0.25) is 0 Å². The van der Waals surface area contributed by atoms with E-state index in [0.29, 0.717) is 18.0 Å². The van der Waals surface area contributed by atoms with Gasteiger partial charge in [-0.25, -0.2) is 4.98 Å². The third kappa shape index (κ3) is 3.53. The molecule has 0 aliphatic rings. The van der Waals surface area contributed by atoms with Crippen LogP contribution in [0.25, 0.3) is 0 Å². The van der Waals surface area contributed by atoms with Gasteiger partial charge in [0.1, 0.15) is 5.03 Å².